The number of hydrogen-bond acceptors (Lipinski definition) is 3. The maximum absolute atomic E-state index is 12.1. The van der Waals surface area contributed by atoms with Gasteiger partial charge >= 0.3 is 0 Å². The molecule has 1 unspecified atom stereocenters. The van der Waals surface area contributed by atoms with Gasteiger partial charge in [-0.2, -0.15) is 0 Å². The molecular weight excluding hydrogens is 264 g/mol. The fourth-order valence-corrected chi connectivity index (χ4v) is 2.73. The Morgan fingerprint density at radius 3 is 3.19 bits per heavy atom. The van der Waals surface area contributed by atoms with Crippen molar-refractivity contribution in [3.63, 3.8) is 0 Å². The second kappa shape index (κ2) is 6.54. The molecule has 1 saturated heterocycles. The van der Waals surface area contributed by atoms with E-state index in [1.807, 2.05) is 35.0 Å². The molecule has 110 valence electrons. The van der Waals surface area contributed by atoms with Crippen LogP contribution in [0.25, 0.3) is 5.69 Å². The minimum Gasteiger partial charge on any atom is -0.326 e. The maximum atomic E-state index is 12.1. The van der Waals surface area contributed by atoms with Crippen LogP contribution in [0.1, 0.15) is 19.3 Å². The highest BCUT2D eigenvalue weighted by Gasteiger charge is 2.16. The number of nitrogens with zero attached hydrogens (tertiary/aromatic N) is 2. The molecule has 1 fully saturated rings. The van der Waals surface area contributed by atoms with Crippen LogP contribution in [0.5, 0.6) is 0 Å². The highest BCUT2D eigenvalue weighted by Crippen LogP contribution is 2.17. The van der Waals surface area contributed by atoms with Gasteiger partial charge in [0.25, 0.3) is 0 Å². The van der Waals surface area contributed by atoms with Crippen LogP contribution in [0.4, 0.5) is 5.69 Å². The van der Waals surface area contributed by atoms with Gasteiger partial charge in [-0.15, -0.1) is 0 Å². The number of benzene rings is 1. The number of piperidine rings is 1. The number of amides is 1. The topological polar surface area (TPSA) is 59.0 Å². The molecule has 0 radical (unpaired) electrons. The van der Waals surface area contributed by atoms with Crippen LogP contribution in [-0.2, 0) is 4.79 Å². The highest BCUT2D eigenvalue weighted by molar-refractivity contribution is 5.91. The number of anilines is 1. The number of aromatic nitrogens is 2. The summed E-state index contributed by atoms with van der Waals surface area (Å²) in [5.74, 6) is 0.544. The van der Waals surface area contributed by atoms with E-state index in [4.69, 9.17) is 0 Å². The minimum atomic E-state index is 0.0893. The quantitative estimate of drug-likeness (QED) is 0.905. The molecule has 2 aromatic rings. The molecule has 3 rings (SSSR count). The number of carbonyl (C=O) groups is 1. The molecule has 21 heavy (non-hydrogen) atoms. The van der Waals surface area contributed by atoms with Gasteiger partial charge in [0, 0.05) is 30.2 Å². The molecule has 5 heteroatoms. The summed E-state index contributed by atoms with van der Waals surface area (Å²) in [5.41, 5.74) is 1.82. The summed E-state index contributed by atoms with van der Waals surface area (Å²) in [6.07, 6.45) is 8.25. The van der Waals surface area contributed by atoms with Crippen LogP contribution in [0.15, 0.2) is 43.0 Å². The van der Waals surface area contributed by atoms with Crippen LogP contribution in [0.3, 0.4) is 0 Å². The second-order valence-corrected chi connectivity index (χ2v) is 5.48. The summed E-state index contributed by atoms with van der Waals surface area (Å²) in [6.45, 7) is 2.02. The van der Waals surface area contributed by atoms with Crippen molar-refractivity contribution < 1.29 is 4.79 Å². The van der Waals surface area contributed by atoms with Crippen molar-refractivity contribution in [3.05, 3.63) is 43.0 Å². The van der Waals surface area contributed by atoms with Crippen molar-refractivity contribution in [1.29, 1.82) is 0 Å². The van der Waals surface area contributed by atoms with Crippen LogP contribution < -0.4 is 10.6 Å². The molecule has 1 aliphatic rings. The Kier molecular flexibility index (Phi) is 4.31. The average Bonchev–Trinajstić information content (AvgIpc) is 3.02. The predicted octanol–water partition coefficient (Wildman–Crippen LogP) is 2.20. The molecule has 1 atom stereocenters. The zero-order valence-electron chi connectivity index (χ0n) is 12.0. The van der Waals surface area contributed by atoms with Gasteiger partial charge in [-0.3, -0.25) is 4.79 Å². The van der Waals surface area contributed by atoms with Gasteiger partial charge in [0.1, 0.15) is 0 Å². The Morgan fingerprint density at radius 1 is 1.48 bits per heavy atom. The van der Waals surface area contributed by atoms with Gasteiger partial charge in [-0.25, -0.2) is 4.98 Å². The largest absolute Gasteiger partial charge is 0.326 e. The standard InChI is InChI=1S/C16H20N4O/c21-16(9-13-3-2-6-17-11-13)19-14-4-1-5-15(10-14)20-8-7-18-12-20/h1,4-5,7-8,10,12-13,17H,2-3,6,9,11H2,(H,19,21). The Balaban J connectivity index is 1.62. The number of nitrogens with one attached hydrogen (secondary N) is 2. The van der Waals surface area contributed by atoms with Crippen molar-refractivity contribution in [2.24, 2.45) is 5.92 Å². The molecule has 1 aromatic heterocycles. The Morgan fingerprint density at radius 2 is 2.43 bits per heavy atom. The molecule has 0 spiro atoms. The first-order valence-electron chi connectivity index (χ1n) is 7.40. The number of rotatable bonds is 4. The SMILES string of the molecule is O=C(CC1CCCNC1)Nc1cccc(-n2ccnc2)c1. The third-order valence-electron chi connectivity index (χ3n) is 3.81. The zero-order chi connectivity index (χ0) is 14.5. The molecule has 0 saturated carbocycles. The summed E-state index contributed by atoms with van der Waals surface area (Å²) in [4.78, 5) is 16.2. The first kappa shape index (κ1) is 13.8. The fraction of sp³-hybridized carbons (Fsp3) is 0.375. The maximum Gasteiger partial charge on any atom is 0.224 e. The third-order valence-corrected chi connectivity index (χ3v) is 3.81. The lowest BCUT2D eigenvalue weighted by atomic mass is 9.96. The average molecular weight is 284 g/mol. The van der Waals surface area contributed by atoms with Crippen LogP contribution >= 0.6 is 0 Å². The normalized spacial score (nSPS) is 18.4. The number of hydrogen-bond donors (Lipinski definition) is 2. The van der Waals surface area contributed by atoms with E-state index in [0.717, 1.165) is 37.3 Å². The first-order chi connectivity index (χ1) is 10.3. The number of carbonyl (C=O) groups excluding carboxylic acids is 1. The van der Waals surface area contributed by atoms with E-state index in [1.54, 1.807) is 12.5 Å². The highest BCUT2D eigenvalue weighted by atomic mass is 16.1. The predicted molar refractivity (Wildman–Crippen MR) is 82.4 cm³/mol. The lowest BCUT2D eigenvalue weighted by molar-refractivity contribution is -0.117. The van der Waals surface area contributed by atoms with Gasteiger partial charge in [0.05, 0.1) is 6.33 Å². The Hall–Kier alpha value is -2.14. The number of imidazole rings is 1. The lowest BCUT2D eigenvalue weighted by Gasteiger charge is -2.22. The Bertz CT molecular complexity index is 588. The smallest absolute Gasteiger partial charge is 0.224 e. The first-order valence-corrected chi connectivity index (χ1v) is 7.40. The summed E-state index contributed by atoms with van der Waals surface area (Å²) in [7, 11) is 0. The summed E-state index contributed by atoms with van der Waals surface area (Å²) >= 11 is 0. The van der Waals surface area contributed by atoms with E-state index < -0.39 is 0 Å². The molecule has 0 aliphatic carbocycles. The van der Waals surface area contributed by atoms with E-state index in [9.17, 15) is 4.79 Å². The van der Waals surface area contributed by atoms with Gasteiger partial charge in [-0.05, 0) is 50.0 Å². The molecule has 5 nitrogen and oxygen atoms in total. The summed E-state index contributed by atoms with van der Waals surface area (Å²) in [5, 5.41) is 6.33. The lowest BCUT2D eigenvalue weighted by Crippen LogP contribution is -2.32. The molecule has 1 aliphatic heterocycles. The van der Waals surface area contributed by atoms with Crippen LogP contribution in [0.2, 0.25) is 0 Å². The molecular formula is C16H20N4O. The monoisotopic (exact) mass is 284 g/mol. The summed E-state index contributed by atoms with van der Waals surface area (Å²) < 4.78 is 1.92. The van der Waals surface area contributed by atoms with Gasteiger partial charge in [0.15, 0.2) is 0 Å². The Labute approximate surface area is 124 Å². The van der Waals surface area contributed by atoms with Gasteiger partial charge in [0.2, 0.25) is 5.91 Å². The van der Waals surface area contributed by atoms with Crippen molar-refractivity contribution in [1.82, 2.24) is 14.9 Å². The van der Waals surface area contributed by atoms with E-state index in [-0.39, 0.29) is 5.91 Å². The van der Waals surface area contributed by atoms with E-state index in [1.165, 1.54) is 0 Å². The molecule has 2 N–H and O–H groups in total. The van der Waals surface area contributed by atoms with Crippen LogP contribution in [0, 0.1) is 5.92 Å². The van der Waals surface area contributed by atoms with Crippen LogP contribution in [-0.4, -0.2) is 28.5 Å². The van der Waals surface area contributed by atoms with E-state index in [2.05, 4.69) is 15.6 Å². The summed E-state index contributed by atoms with van der Waals surface area (Å²) in [6, 6.07) is 7.80. The zero-order valence-corrected chi connectivity index (χ0v) is 12.0. The van der Waals surface area contributed by atoms with E-state index >= 15 is 0 Å². The molecule has 2 heterocycles. The van der Waals surface area contributed by atoms with Crippen molar-refractivity contribution >= 4 is 11.6 Å². The molecule has 1 aromatic carbocycles. The van der Waals surface area contributed by atoms with Gasteiger partial charge in [-0.1, -0.05) is 6.07 Å². The van der Waals surface area contributed by atoms with Gasteiger partial charge < -0.3 is 15.2 Å². The molecule has 0 bridgehead atoms. The van der Waals surface area contributed by atoms with Crippen molar-refractivity contribution in [3.8, 4) is 5.69 Å². The van der Waals surface area contributed by atoms with E-state index in [0.29, 0.717) is 12.3 Å². The van der Waals surface area contributed by atoms with Crippen molar-refractivity contribution in [2.45, 2.75) is 19.3 Å². The minimum absolute atomic E-state index is 0.0893. The fourth-order valence-electron chi connectivity index (χ4n) is 2.73. The third kappa shape index (κ3) is 3.70. The second-order valence-electron chi connectivity index (χ2n) is 5.48. The van der Waals surface area contributed by atoms with Crippen molar-refractivity contribution in [2.75, 3.05) is 18.4 Å². The molecule has 1 amide bonds.